The van der Waals surface area contributed by atoms with Crippen LogP contribution in [0.2, 0.25) is 0 Å². The molecule has 0 atom stereocenters. The second kappa shape index (κ2) is 6.88. The van der Waals surface area contributed by atoms with Crippen LogP contribution in [0.25, 0.3) is 10.2 Å². The molecule has 0 fully saturated rings. The van der Waals surface area contributed by atoms with Gasteiger partial charge in [-0.2, -0.15) is 0 Å². The van der Waals surface area contributed by atoms with Crippen molar-refractivity contribution >= 4 is 32.6 Å². The number of furan rings is 1. The summed E-state index contributed by atoms with van der Waals surface area (Å²) in [5, 5.41) is 4.35. The highest BCUT2D eigenvalue weighted by molar-refractivity contribution is 7.22. The van der Waals surface area contributed by atoms with Crippen LogP contribution in [-0.2, 0) is 6.54 Å². The SMILES string of the molecule is COc1ccc(C)c2sc(N(Cc3ccco3)C(=O)c3cc(C)no3)nc12. The summed E-state index contributed by atoms with van der Waals surface area (Å²) in [5.74, 6) is 1.13. The number of aryl methyl sites for hydroxylation is 2. The van der Waals surface area contributed by atoms with Gasteiger partial charge in [-0.05, 0) is 37.6 Å². The average molecular weight is 383 g/mol. The standard InChI is InChI=1S/C19H17N3O4S/c1-11-6-7-14(24-3)16-17(11)27-19(20-16)22(10-13-5-4-8-25-13)18(23)15-9-12(2)21-26-15/h4-9H,10H2,1-3H3. The molecule has 0 aliphatic heterocycles. The molecular formula is C19H17N3O4S. The molecule has 138 valence electrons. The summed E-state index contributed by atoms with van der Waals surface area (Å²) in [6, 6.07) is 9.05. The minimum absolute atomic E-state index is 0.155. The largest absolute Gasteiger partial charge is 0.494 e. The molecule has 0 aliphatic rings. The lowest BCUT2D eigenvalue weighted by Crippen LogP contribution is -2.29. The average Bonchev–Trinajstić information content (AvgIpc) is 3.40. The summed E-state index contributed by atoms with van der Waals surface area (Å²) in [6.07, 6.45) is 1.57. The maximum atomic E-state index is 13.1. The second-order valence-corrected chi connectivity index (χ2v) is 7.04. The summed E-state index contributed by atoms with van der Waals surface area (Å²) in [7, 11) is 1.60. The van der Waals surface area contributed by atoms with Gasteiger partial charge >= 0.3 is 0 Å². The number of carbonyl (C=O) groups is 1. The molecule has 0 aliphatic carbocycles. The van der Waals surface area contributed by atoms with Gasteiger partial charge in [0.25, 0.3) is 5.91 Å². The first-order valence-electron chi connectivity index (χ1n) is 8.28. The summed E-state index contributed by atoms with van der Waals surface area (Å²) in [6.45, 7) is 4.00. The Morgan fingerprint density at radius 1 is 1.30 bits per heavy atom. The number of fused-ring (bicyclic) bond motifs is 1. The molecule has 0 N–H and O–H groups in total. The van der Waals surface area contributed by atoms with Gasteiger partial charge in [0, 0.05) is 6.07 Å². The third-order valence-electron chi connectivity index (χ3n) is 4.12. The third kappa shape index (κ3) is 3.19. The lowest BCUT2D eigenvalue weighted by Gasteiger charge is -2.16. The number of rotatable bonds is 5. The number of methoxy groups -OCH3 is 1. The third-order valence-corrected chi connectivity index (χ3v) is 5.33. The molecule has 4 aromatic rings. The van der Waals surface area contributed by atoms with E-state index in [2.05, 4.69) is 10.1 Å². The van der Waals surface area contributed by atoms with E-state index in [9.17, 15) is 4.79 Å². The van der Waals surface area contributed by atoms with Crippen LogP contribution in [-0.4, -0.2) is 23.2 Å². The van der Waals surface area contributed by atoms with Gasteiger partial charge in [-0.3, -0.25) is 9.69 Å². The minimum atomic E-state index is -0.331. The van der Waals surface area contributed by atoms with E-state index in [1.165, 1.54) is 16.2 Å². The number of aromatic nitrogens is 2. The smallest absolute Gasteiger partial charge is 0.299 e. The van der Waals surface area contributed by atoms with Crippen molar-refractivity contribution in [2.45, 2.75) is 20.4 Å². The quantitative estimate of drug-likeness (QED) is 0.510. The fourth-order valence-electron chi connectivity index (χ4n) is 2.76. The Kier molecular flexibility index (Phi) is 4.41. The van der Waals surface area contributed by atoms with Crippen LogP contribution in [0, 0.1) is 13.8 Å². The van der Waals surface area contributed by atoms with Crippen LogP contribution in [0.3, 0.4) is 0 Å². The lowest BCUT2D eigenvalue weighted by molar-refractivity contribution is 0.0947. The molecule has 7 nitrogen and oxygen atoms in total. The Balaban J connectivity index is 1.81. The van der Waals surface area contributed by atoms with E-state index in [-0.39, 0.29) is 18.2 Å². The molecule has 1 aromatic carbocycles. The van der Waals surface area contributed by atoms with E-state index in [0.29, 0.717) is 22.3 Å². The van der Waals surface area contributed by atoms with Gasteiger partial charge in [0.2, 0.25) is 5.76 Å². The first-order valence-corrected chi connectivity index (χ1v) is 9.10. The molecular weight excluding hydrogens is 366 g/mol. The van der Waals surface area contributed by atoms with Crippen molar-refractivity contribution in [1.82, 2.24) is 10.1 Å². The van der Waals surface area contributed by atoms with Crippen LogP contribution in [0.15, 0.2) is 45.5 Å². The van der Waals surface area contributed by atoms with Crippen LogP contribution in [0.5, 0.6) is 5.75 Å². The first kappa shape index (κ1) is 17.3. The molecule has 4 rings (SSSR count). The van der Waals surface area contributed by atoms with Crippen molar-refractivity contribution in [3.63, 3.8) is 0 Å². The molecule has 0 radical (unpaired) electrons. The van der Waals surface area contributed by atoms with Crippen LogP contribution in [0.4, 0.5) is 5.13 Å². The Morgan fingerprint density at radius 3 is 2.81 bits per heavy atom. The van der Waals surface area contributed by atoms with Crippen molar-refractivity contribution in [3.05, 3.63) is 59.4 Å². The van der Waals surface area contributed by atoms with E-state index in [1.54, 1.807) is 32.4 Å². The van der Waals surface area contributed by atoms with E-state index in [1.807, 2.05) is 25.1 Å². The number of hydrogen-bond acceptors (Lipinski definition) is 7. The number of hydrogen-bond donors (Lipinski definition) is 0. The highest BCUT2D eigenvalue weighted by Crippen LogP contribution is 2.37. The van der Waals surface area contributed by atoms with Gasteiger partial charge < -0.3 is 13.7 Å². The number of carbonyl (C=O) groups excluding carboxylic acids is 1. The Bertz CT molecular complexity index is 1100. The van der Waals surface area contributed by atoms with Gasteiger partial charge in [0.15, 0.2) is 5.13 Å². The zero-order valence-electron chi connectivity index (χ0n) is 15.1. The highest BCUT2D eigenvalue weighted by Gasteiger charge is 2.26. The van der Waals surface area contributed by atoms with Crippen LogP contribution < -0.4 is 9.64 Å². The number of ether oxygens (including phenoxy) is 1. The van der Waals surface area contributed by atoms with Crippen LogP contribution in [0.1, 0.15) is 27.6 Å². The van der Waals surface area contributed by atoms with Crippen LogP contribution >= 0.6 is 11.3 Å². The topological polar surface area (TPSA) is 81.6 Å². The number of benzene rings is 1. The van der Waals surface area contributed by atoms with Crippen molar-refractivity contribution in [2.24, 2.45) is 0 Å². The normalized spacial score (nSPS) is 11.1. The number of thiazole rings is 1. The minimum Gasteiger partial charge on any atom is -0.494 e. The Morgan fingerprint density at radius 2 is 2.15 bits per heavy atom. The molecule has 27 heavy (non-hydrogen) atoms. The van der Waals surface area contributed by atoms with Crippen molar-refractivity contribution in [2.75, 3.05) is 12.0 Å². The molecule has 0 bridgehead atoms. The summed E-state index contributed by atoms with van der Waals surface area (Å²) >= 11 is 1.42. The van der Waals surface area contributed by atoms with Crippen molar-refractivity contribution < 1.29 is 18.5 Å². The summed E-state index contributed by atoms with van der Waals surface area (Å²) < 4.78 is 17.0. The number of anilines is 1. The maximum Gasteiger partial charge on any atom is 0.299 e. The van der Waals surface area contributed by atoms with E-state index < -0.39 is 0 Å². The van der Waals surface area contributed by atoms with Gasteiger partial charge in [-0.25, -0.2) is 4.98 Å². The molecule has 0 unspecified atom stereocenters. The van der Waals surface area contributed by atoms with Crippen molar-refractivity contribution in [1.29, 1.82) is 0 Å². The fourth-order valence-corrected chi connectivity index (χ4v) is 3.81. The summed E-state index contributed by atoms with van der Waals surface area (Å²) in [5.41, 5.74) is 2.43. The molecule has 3 aromatic heterocycles. The van der Waals surface area contributed by atoms with Gasteiger partial charge in [0.1, 0.15) is 17.0 Å². The van der Waals surface area contributed by atoms with E-state index >= 15 is 0 Å². The van der Waals surface area contributed by atoms with Gasteiger partial charge in [0.05, 0.1) is 30.3 Å². The molecule has 1 amide bonds. The van der Waals surface area contributed by atoms with Gasteiger partial charge in [-0.1, -0.05) is 22.6 Å². The maximum absolute atomic E-state index is 13.1. The van der Waals surface area contributed by atoms with Gasteiger partial charge in [-0.15, -0.1) is 0 Å². The predicted molar refractivity (Wildman–Crippen MR) is 101 cm³/mol. The number of nitrogens with zero attached hydrogens (tertiary/aromatic N) is 3. The van der Waals surface area contributed by atoms with E-state index in [4.69, 9.17) is 13.7 Å². The molecule has 0 spiro atoms. The second-order valence-electron chi connectivity index (χ2n) is 6.06. The number of amides is 1. The fraction of sp³-hybridized carbons (Fsp3) is 0.211. The van der Waals surface area contributed by atoms with E-state index in [0.717, 1.165) is 15.8 Å². The molecule has 0 saturated heterocycles. The first-order chi connectivity index (χ1) is 13.1. The Hall–Kier alpha value is -3.13. The highest BCUT2D eigenvalue weighted by atomic mass is 32.1. The zero-order chi connectivity index (χ0) is 19.0. The Labute approximate surface area is 159 Å². The monoisotopic (exact) mass is 383 g/mol. The molecule has 8 heteroatoms. The lowest BCUT2D eigenvalue weighted by atomic mass is 10.2. The summed E-state index contributed by atoms with van der Waals surface area (Å²) in [4.78, 5) is 19.3. The molecule has 3 heterocycles. The predicted octanol–water partition coefficient (Wildman–Crippen LogP) is 4.35. The van der Waals surface area contributed by atoms with Crippen molar-refractivity contribution in [3.8, 4) is 5.75 Å². The zero-order valence-corrected chi connectivity index (χ0v) is 15.9. The molecule has 0 saturated carbocycles.